The van der Waals surface area contributed by atoms with Gasteiger partial charge in [-0.25, -0.2) is 0 Å². The first-order chi connectivity index (χ1) is 11.7. The number of thioether (sulfide) groups is 1. The van der Waals surface area contributed by atoms with E-state index in [-0.39, 0.29) is 0 Å². The van der Waals surface area contributed by atoms with E-state index in [4.69, 9.17) is 14.2 Å². The van der Waals surface area contributed by atoms with Crippen LogP contribution in [0.15, 0.2) is 29.3 Å². The van der Waals surface area contributed by atoms with Crippen molar-refractivity contribution in [2.24, 2.45) is 0 Å². The van der Waals surface area contributed by atoms with Gasteiger partial charge in [0.15, 0.2) is 11.5 Å². The normalized spacial score (nSPS) is 14.6. The summed E-state index contributed by atoms with van der Waals surface area (Å²) in [6.45, 7) is 0. The van der Waals surface area contributed by atoms with Crippen molar-refractivity contribution >= 4 is 11.8 Å². The van der Waals surface area contributed by atoms with Gasteiger partial charge in [0.1, 0.15) is 5.03 Å². The molecule has 0 N–H and O–H groups in total. The van der Waals surface area contributed by atoms with Gasteiger partial charge in [-0.3, -0.25) is 0 Å². The summed E-state index contributed by atoms with van der Waals surface area (Å²) in [5.41, 5.74) is 1.67. The second-order valence-electron chi connectivity index (χ2n) is 5.70. The standard InChI is InChI=1S/C18H22N2O3S/c1-21-15-10-12(11-16(22-2)18(15)23-3)14-8-9-17(20-19-14)24-13-6-4-5-7-13/h8-11,13H,4-7H2,1-3H3. The van der Waals surface area contributed by atoms with Crippen molar-refractivity contribution in [3.8, 4) is 28.5 Å². The molecule has 1 saturated carbocycles. The molecule has 5 nitrogen and oxygen atoms in total. The van der Waals surface area contributed by atoms with Crippen LogP contribution < -0.4 is 14.2 Å². The molecule has 0 aliphatic heterocycles. The van der Waals surface area contributed by atoms with E-state index in [1.54, 1.807) is 21.3 Å². The van der Waals surface area contributed by atoms with Gasteiger partial charge < -0.3 is 14.2 Å². The molecule has 0 bridgehead atoms. The molecule has 0 spiro atoms. The maximum atomic E-state index is 5.40. The van der Waals surface area contributed by atoms with Crippen LogP contribution in [0.4, 0.5) is 0 Å². The number of ether oxygens (including phenoxy) is 3. The number of aromatic nitrogens is 2. The maximum Gasteiger partial charge on any atom is 0.203 e. The third kappa shape index (κ3) is 3.59. The van der Waals surface area contributed by atoms with Gasteiger partial charge in [-0.15, -0.1) is 22.0 Å². The van der Waals surface area contributed by atoms with Crippen LogP contribution >= 0.6 is 11.8 Å². The highest BCUT2D eigenvalue weighted by Gasteiger charge is 2.18. The van der Waals surface area contributed by atoms with E-state index in [1.807, 2.05) is 36.0 Å². The van der Waals surface area contributed by atoms with Crippen LogP contribution in [0.3, 0.4) is 0 Å². The molecule has 1 aliphatic carbocycles. The molecule has 3 rings (SSSR count). The molecule has 1 aromatic carbocycles. The van der Waals surface area contributed by atoms with Crippen molar-refractivity contribution in [1.82, 2.24) is 10.2 Å². The molecule has 1 aromatic heterocycles. The maximum absolute atomic E-state index is 5.40. The second-order valence-corrected chi connectivity index (χ2v) is 7.02. The van der Waals surface area contributed by atoms with Gasteiger partial charge in [0.2, 0.25) is 5.75 Å². The third-order valence-corrected chi connectivity index (χ3v) is 5.45. The first-order valence-electron chi connectivity index (χ1n) is 8.06. The minimum absolute atomic E-state index is 0.574. The largest absolute Gasteiger partial charge is 0.493 e. The zero-order valence-corrected chi connectivity index (χ0v) is 15.1. The molecule has 24 heavy (non-hydrogen) atoms. The van der Waals surface area contributed by atoms with Gasteiger partial charge in [-0.2, -0.15) is 0 Å². The Hall–Kier alpha value is -1.95. The van der Waals surface area contributed by atoms with Crippen molar-refractivity contribution in [1.29, 1.82) is 0 Å². The number of nitrogens with zero attached hydrogens (tertiary/aromatic N) is 2. The van der Waals surface area contributed by atoms with Gasteiger partial charge in [0.25, 0.3) is 0 Å². The minimum atomic E-state index is 0.574. The molecule has 0 saturated heterocycles. The number of methoxy groups -OCH3 is 3. The molecule has 1 fully saturated rings. The van der Waals surface area contributed by atoms with Gasteiger partial charge in [-0.1, -0.05) is 12.8 Å². The fourth-order valence-electron chi connectivity index (χ4n) is 2.94. The third-order valence-electron chi connectivity index (χ3n) is 4.19. The molecule has 0 atom stereocenters. The fourth-order valence-corrected chi connectivity index (χ4v) is 4.09. The van der Waals surface area contributed by atoms with Gasteiger partial charge in [0.05, 0.1) is 27.0 Å². The van der Waals surface area contributed by atoms with Crippen molar-refractivity contribution in [2.75, 3.05) is 21.3 Å². The Morgan fingerprint density at radius 2 is 1.58 bits per heavy atom. The first kappa shape index (κ1) is 16.9. The number of hydrogen-bond donors (Lipinski definition) is 0. The second kappa shape index (κ2) is 7.75. The Morgan fingerprint density at radius 1 is 0.917 bits per heavy atom. The van der Waals surface area contributed by atoms with Crippen LogP contribution in [-0.2, 0) is 0 Å². The molecule has 0 unspecified atom stereocenters. The van der Waals surface area contributed by atoms with E-state index < -0.39 is 0 Å². The van der Waals surface area contributed by atoms with Crippen molar-refractivity contribution in [3.05, 3.63) is 24.3 Å². The summed E-state index contributed by atoms with van der Waals surface area (Å²) in [7, 11) is 4.80. The lowest BCUT2D eigenvalue weighted by Gasteiger charge is -2.14. The minimum Gasteiger partial charge on any atom is -0.493 e. The average molecular weight is 346 g/mol. The Balaban J connectivity index is 1.85. The molecule has 0 amide bonds. The van der Waals surface area contributed by atoms with Crippen molar-refractivity contribution in [3.63, 3.8) is 0 Å². The van der Waals surface area contributed by atoms with Crippen LogP contribution in [0.1, 0.15) is 25.7 Å². The summed E-state index contributed by atoms with van der Waals surface area (Å²) in [5, 5.41) is 10.4. The molecule has 128 valence electrons. The summed E-state index contributed by atoms with van der Waals surface area (Å²) < 4.78 is 16.1. The lowest BCUT2D eigenvalue weighted by molar-refractivity contribution is 0.324. The summed E-state index contributed by atoms with van der Waals surface area (Å²) in [4.78, 5) is 0. The van der Waals surface area contributed by atoms with Crippen LogP contribution in [0.2, 0.25) is 0 Å². The summed E-state index contributed by atoms with van der Waals surface area (Å²) in [5.74, 6) is 1.79. The van der Waals surface area contributed by atoms with E-state index in [9.17, 15) is 0 Å². The SMILES string of the molecule is COc1cc(-c2ccc(SC3CCCC3)nn2)cc(OC)c1OC. The summed E-state index contributed by atoms with van der Waals surface area (Å²) in [6.07, 6.45) is 5.21. The van der Waals surface area contributed by atoms with Crippen molar-refractivity contribution < 1.29 is 14.2 Å². The lowest BCUT2D eigenvalue weighted by atomic mass is 10.1. The number of benzene rings is 1. The van der Waals surface area contributed by atoms with E-state index in [0.29, 0.717) is 22.5 Å². The Labute approximate surface area is 146 Å². The number of hydrogen-bond acceptors (Lipinski definition) is 6. The zero-order chi connectivity index (χ0) is 16.9. The Morgan fingerprint density at radius 3 is 2.08 bits per heavy atom. The molecule has 1 aliphatic rings. The predicted octanol–water partition coefficient (Wildman–Crippen LogP) is 4.20. The Bertz CT molecular complexity index is 660. The van der Waals surface area contributed by atoms with E-state index in [2.05, 4.69) is 10.2 Å². The Kier molecular flexibility index (Phi) is 5.45. The number of rotatable bonds is 6. The molecule has 1 heterocycles. The first-order valence-corrected chi connectivity index (χ1v) is 8.94. The monoisotopic (exact) mass is 346 g/mol. The van der Waals surface area contributed by atoms with Crippen LogP contribution in [0.25, 0.3) is 11.3 Å². The van der Waals surface area contributed by atoms with Crippen molar-refractivity contribution in [2.45, 2.75) is 36.0 Å². The lowest BCUT2D eigenvalue weighted by Crippen LogP contribution is -1.98. The molecule has 2 aromatic rings. The van der Waals surface area contributed by atoms with Gasteiger partial charge in [-0.05, 0) is 37.1 Å². The topological polar surface area (TPSA) is 53.5 Å². The highest BCUT2D eigenvalue weighted by atomic mass is 32.2. The molecule has 0 radical (unpaired) electrons. The molecular formula is C18H22N2O3S. The average Bonchev–Trinajstić information content (AvgIpc) is 3.14. The zero-order valence-electron chi connectivity index (χ0n) is 14.2. The van der Waals surface area contributed by atoms with Gasteiger partial charge >= 0.3 is 0 Å². The molecular weight excluding hydrogens is 324 g/mol. The van der Waals surface area contributed by atoms with E-state index in [0.717, 1.165) is 16.3 Å². The van der Waals surface area contributed by atoms with Crippen LogP contribution in [0, 0.1) is 0 Å². The van der Waals surface area contributed by atoms with Gasteiger partial charge in [0, 0.05) is 10.8 Å². The summed E-state index contributed by atoms with van der Waals surface area (Å²) >= 11 is 1.83. The molecule has 6 heteroatoms. The van der Waals surface area contributed by atoms with E-state index in [1.165, 1.54) is 25.7 Å². The summed E-state index contributed by atoms with van der Waals surface area (Å²) in [6, 6.07) is 7.80. The van der Waals surface area contributed by atoms with E-state index >= 15 is 0 Å². The van der Waals surface area contributed by atoms with Crippen LogP contribution in [-0.4, -0.2) is 36.8 Å². The fraction of sp³-hybridized carbons (Fsp3) is 0.444. The smallest absolute Gasteiger partial charge is 0.203 e. The highest BCUT2D eigenvalue weighted by Crippen LogP contribution is 2.41. The van der Waals surface area contributed by atoms with Crippen LogP contribution in [0.5, 0.6) is 17.2 Å². The quantitative estimate of drug-likeness (QED) is 0.781. The predicted molar refractivity (Wildman–Crippen MR) is 95.2 cm³/mol. The highest BCUT2D eigenvalue weighted by molar-refractivity contribution is 7.99.